The van der Waals surface area contributed by atoms with Crippen molar-refractivity contribution in [1.82, 2.24) is 8.87 Å². The van der Waals surface area contributed by atoms with Gasteiger partial charge in [0.05, 0.1) is 33.9 Å². The Bertz CT molecular complexity index is 1460. The standard InChI is InChI=1S/C26H31N3O6S2/c1-5-19-7-12-22-23(13-19)36-26(29(22)16-24(30)34-6-2)27-25(31)20-8-10-21(11-9-20)37(32,33)28-14-17(3)35-18(4)15-28/h7-13,17-18H,5-6,14-16H2,1-4H3. The van der Waals surface area contributed by atoms with Gasteiger partial charge in [0.1, 0.15) is 6.54 Å². The number of ether oxygens (including phenoxy) is 2. The Labute approximate surface area is 220 Å². The summed E-state index contributed by atoms with van der Waals surface area (Å²) < 4.78 is 41.0. The van der Waals surface area contributed by atoms with Crippen LogP contribution in [0.15, 0.2) is 52.4 Å². The highest BCUT2D eigenvalue weighted by Gasteiger charge is 2.32. The Morgan fingerprint density at radius 3 is 2.38 bits per heavy atom. The molecule has 2 atom stereocenters. The third-order valence-corrected chi connectivity index (χ3v) is 8.96. The van der Waals surface area contributed by atoms with Crippen molar-refractivity contribution >= 4 is 43.5 Å². The first-order valence-electron chi connectivity index (χ1n) is 12.2. The van der Waals surface area contributed by atoms with Crippen molar-refractivity contribution in [3.63, 3.8) is 0 Å². The van der Waals surface area contributed by atoms with Crippen LogP contribution in [-0.2, 0) is 37.3 Å². The van der Waals surface area contributed by atoms with Gasteiger partial charge in [0.2, 0.25) is 10.0 Å². The summed E-state index contributed by atoms with van der Waals surface area (Å²) in [5, 5.41) is 0. The van der Waals surface area contributed by atoms with Crippen molar-refractivity contribution in [2.24, 2.45) is 4.99 Å². The van der Waals surface area contributed by atoms with E-state index in [-0.39, 0.29) is 48.9 Å². The second-order valence-corrected chi connectivity index (χ2v) is 11.9. The van der Waals surface area contributed by atoms with Crippen LogP contribution in [-0.4, -0.2) is 61.1 Å². The monoisotopic (exact) mass is 545 g/mol. The molecule has 37 heavy (non-hydrogen) atoms. The highest BCUT2D eigenvalue weighted by molar-refractivity contribution is 7.89. The van der Waals surface area contributed by atoms with Crippen LogP contribution in [0.25, 0.3) is 10.2 Å². The molecule has 2 unspecified atom stereocenters. The normalized spacial score (nSPS) is 19.3. The van der Waals surface area contributed by atoms with E-state index in [0.29, 0.717) is 4.80 Å². The summed E-state index contributed by atoms with van der Waals surface area (Å²) >= 11 is 1.32. The summed E-state index contributed by atoms with van der Waals surface area (Å²) in [5.74, 6) is -0.950. The molecule has 11 heteroatoms. The third kappa shape index (κ3) is 6.01. The van der Waals surface area contributed by atoms with Crippen LogP contribution < -0.4 is 4.80 Å². The molecule has 4 rings (SSSR count). The fourth-order valence-corrected chi connectivity index (χ4v) is 6.99. The topological polar surface area (TPSA) is 107 Å². The molecule has 1 amide bonds. The number of rotatable bonds is 7. The van der Waals surface area contributed by atoms with E-state index in [9.17, 15) is 18.0 Å². The summed E-state index contributed by atoms with van der Waals surface area (Å²) in [5.41, 5.74) is 2.17. The van der Waals surface area contributed by atoms with Crippen molar-refractivity contribution in [2.45, 2.75) is 57.8 Å². The maximum atomic E-state index is 13.1. The zero-order chi connectivity index (χ0) is 26.7. The molecular formula is C26H31N3O6S2. The van der Waals surface area contributed by atoms with E-state index in [1.807, 2.05) is 32.0 Å². The molecule has 1 aliphatic heterocycles. The molecule has 1 aliphatic rings. The molecule has 9 nitrogen and oxygen atoms in total. The largest absolute Gasteiger partial charge is 0.465 e. The van der Waals surface area contributed by atoms with Crippen molar-refractivity contribution < 1.29 is 27.5 Å². The predicted molar refractivity (Wildman–Crippen MR) is 141 cm³/mol. The number of hydrogen-bond donors (Lipinski definition) is 0. The number of amides is 1. The van der Waals surface area contributed by atoms with Crippen LogP contribution in [0.5, 0.6) is 0 Å². The van der Waals surface area contributed by atoms with E-state index < -0.39 is 21.9 Å². The summed E-state index contributed by atoms with van der Waals surface area (Å²) in [7, 11) is -3.72. The lowest BCUT2D eigenvalue weighted by Crippen LogP contribution is -2.48. The van der Waals surface area contributed by atoms with Gasteiger partial charge in [0, 0.05) is 18.7 Å². The highest BCUT2D eigenvalue weighted by atomic mass is 32.2. The summed E-state index contributed by atoms with van der Waals surface area (Å²) in [6.07, 6.45) is 0.456. The van der Waals surface area contributed by atoms with Crippen molar-refractivity contribution in [1.29, 1.82) is 0 Å². The fourth-order valence-electron chi connectivity index (χ4n) is 4.31. The van der Waals surface area contributed by atoms with Crippen LogP contribution in [0.2, 0.25) is 0 Å². The molecule has 3 aromatic rings. The number of carbonyl (C=O) groups is 2. The molecule has 1 fully saturated rings. The van der Waals surface area contributed by atoms with E-state index in [1.165, 1.54) is 39.9 Å². The first-order chi connectivity index (χ1) is 17.6. The van der Waals surface area contributed by atoms with E-state index in [4.69, 9.17) is 9.47 Å². The average Bonchev–Trinajstić information content (AvgIpc) is 3.19. The van der Waals surface area contributed by atoms with E-state index in [0.717, 1.165) is 22.2 Å². The number of fused-ring (bicyclic) bond motifs is 1. The van der Waals surface area contributed by atoms with Crippen LogP contribution in [0.3, 0.4) is 0 Å². The number of sulfonamides is 1. The summed E-state index contributed by atoms with van der Waals surface area (Å²) in [6, 6.07) is 11.7. The molecule has 0 saturated carbocycles. The number of carbonyl (C=O) groups excluding carboxylic acids is 2. The molecule has 1 saturated heterocycles. The molecule has 0 radical (unpaired) electrons. The molecule has 1 aromatic heterocycles. The number of aromatic nitrogens is 1. The minimum absolute atomic E-state index is 0.0704. The van der Waals surface area contributed by atoms with Gasteiger partial charge in [-0.1, -0.05) is 24.3 Å². The molecule has 198 valence electrons. The number of morpholine rings is 1. The van der Waals surface area contributed by atoms with Gasteiger partial charge in [-0.25, -0.2) is 8.42 Å². The Hall–Kier alpha value is -2.86. The maximum absolute atomic E-state index is 13.1. The van der Waals surface area contributed by atoms with Gasteiger partial charge in [0.15, 0.2) is 4.80 Å². The third-order valence-electron chi connectivity index (χ3n) is 6.07. The van der Waals surface area contributed by atoms with Gasteiger partial charge in [-0.3, -0.25) is 9.59 Å². The number of nitrogens with zero attached hydrogens (tertiary/aromatic N) is 3. The smallest absolute Gasteiger partial charge is 0.326 e. The minimum atomic E-state index is -3.72. The van der Waals surface area contributed by atoms with Gasteiger partial charge in [0.25, 0.3) is 5.91 Å². The average molecular weight is 546 g/mol. The van der Waals surface area contributed by atoms with Crippen molar-refractivity contribution in [2.75, 3.05) is 19.7 Å². The lowest BCUT2D eigenvalue weighted by Gasteiger charge is -2.34. The van der Waals surface area contributed by atoms with Crippen molar-refractivity contribution in [3.05, 3.63) is 58.4 Å². The lowest BCUT2D eigenvalue weighted by molar-refractivity contribution is -0.143. The highest BCUT2D eigenvalue weighted by Crippen LogP contribution is 2.23. The Kier molecular flexibility index (Phi) is 8.27. The number of aryl methyl sites for hydroxylation is 1. The molecule has 0 N–H and O–H groups in total. The number of esters is 1. The van der Waals surface area contributed by atoms with Gasteiger partial charge >= 0.3 is 5.97 Å². The Balaban J connectivity index is 1.65. The number of thiazole rings is 1. The maximum Gasteiger partial charge on any atom is 0.326 e. The van der Waals surface area contributed by atoms with E-state index >= 15 is 0 Å². The minimum Gasteiger partial charge on any atom is -0.465 e. The van der Waals surface area contributed by atoms with Crippen LogP contribution in [0.4, 0.5) is 0 Å². The summed E-state index contributed by atoms with van der Waals surface area (Å²) in [6.45, 7) is 8.20. The Morgan fingerprint density at radius 1 is 1.08 bits per heavy atom. The van der Waals surface area contributed by atoms with Gasteiger partial charge in [-0.15, -0.1) is 0 Å². The van der Waals surface area contributed by atoms with Gasteiger partial charge in [-0.2, -0.15) is 9.30 Å². The van der Waals surface area contributed by atoms with Crippen molar-refractivity contribution in [3.8, 4) is 0 Å². The lowest BCUT2D eigenvalue weighted by atomic mass is 10.2. The van der Waals surface area contributed by atoms with Crippen LogP contribution >= 0.6 is 11.3 Å². The quantitative estimate of drug-likeness (QED) is 0.422. The van der Waals surface area contributed by atoms with E-state index in [1.54, 1.807) is 11.5 Å². The predicted octanol–water partition coefficient (Wildman–Crippen LogP) is 3.37. The molecule has 0 bridgehead atoms. The second-order valence-electron chi connectivity index (χ2n) is 8.95. The molecule has 0 aliphatic carbocycles. The van der Waals surface area contributed by atoms with Gasteiger partial charge in [-0.05, 0) is 69.2 Å². The molecule has 2 heterocycles. The SMILES string of the molecule is CCOC(=O)Cn1c(=NC(=O)c2ccc(S(=O)(=O)N3CC(C)OC(C)C3)cc2)sc2cc(CC)ccc21. The van der Waals surface area contributed by atoms with Crippen LogP contribution in [0, 0.1) is 0 Å². The molecule has 2 aromatic carbocycles. The molecule has 0 spiro atoms. The zero-order valence-electron chi connectivity index (χ0n) is 21.3. The first kappa shape index (κ1) is 27.2. The fraction of sp³-hybridized carbons (Fsp3) is 0.423. The Morgan fingerprint density at radius 2 is 1.76 bits per heavy atom. The number of hydrogen-bond acceptors (Lipinski definition) is 7. The van der Waals surface area contributed by atoms with E-state index in [2.05, 4.69) is 11.9 Å². The first-order valence-corrected chi connectivity index (χ1v) is 14.5. The molecular weight excluding hydrogens is 514 g/mol. The summed E-state index contributed by atoms with van der Waals surface area (Å²) in [4.78, 5) is 30.1. The van der Waals surface area contributed by atoms with Gasteiger partial charge < -0.3 is 14.0 Å². The zero-order valence-corrected chi connectivity index (χ0v) is 23.0. The second kappa shape index (κ2) is 11.3. The number of benzene rings is 2. The van der Waals surface area contributed by atoms with Crippen LogP contribution in [0.1, 0.15) is 43.6 Å².